The summed E-state index contributed by atoms with van der Waals surface area (Å²) in [7, 11) is 0. The van der Waals surface area contributed by atoms with Gasteiger partial charge >= 0.3 is 0 Å². The third-order valence-corrected chi connectivity index (χ3v) is 5.32. The molecule has 2 fully saturated rings. The Kier molecular flexibility index (Phi) is 3.87. The third kappa shape index (κ3) is 2.77. The maximum absolute atomic E-state index is 3.53. The molecule has 2 nitrogen and oxygen atoms in total. The molecule has 0 aliphatic carbocycles. The van der Waals surface area contributed by atoms with E-state index in [0.29, 0.717) is 11.5 Å². The van der Waals surface area contributed by atoms with E-state index in [2.05, 4.69) is 49.2 Å². The van der Waals surface area contributed by atoms with Crippen molar-refractivity contribution in [3.63, 3.8) is 0 Å². The van der Waals surface area contributed by atoms with Crippen LogP contribution in [0.2, 0.25) is 0 Å². The average molecular weight is 272 g/mol. The van der Waals surface area contributed by atoms with Gasteiger partial charge in [0.05, 0.1) is 0 Å². The molecule has 1 aromatic rings. The van der Waals surface area contributed by atoms with Crippen molar-refractivity contribution in [1.82, 2.24) is 10.2 Å². The monoisotopic (exact) mass is 272 g/mol. The minimum absolute atomic E-state index is 0.475. The van der Waals surface area contributed by atoms with Gasteiger partial charge in [0.25, 0.3) is 0 Å². The number of hydrogen-bond acceptors (Lipinski definition) is 2. The van der Waals surface area contributed by atoms with Crippen LogP contribution in [-0.4, -0.2) is 31.1 Å². The van der Waals surface area contributed by atoms with Crippen molar-refractivity contribution < 1.29 is 0 Å². The first-order chi connectivity index (χ1) is 9.57. The van der Waals surface area contributed by atoms with Gasteiger partial charge in [-0.1, -0.05) is 25.1 Å². The van der Waals surface area contributed by atoms with Gasteiger partial charge in [0.1, 0.15) is 0 Å². The second-order valence-electron chi connectivity index (χ2n) is 7.21. The van der Waals surface area contributed by atoms with Crippen LogP contribution in [0.5, 0.6) is 0 Å². The highest BCUT2D eigenvalue weighted by Crippen LogP contribution is 2.36. The molecule has 0 amide bonds. The Hall–Kier alpha value is -0.860. The zero-order chi connectivity index (χ0) is 14.2. The summed E-state index contributed by atoms with van der Waals surface area (Å²) in [6.45, 7) is 11.8. The zero-order valence-electron chi connectivity index (χ0n) is 13.2. The third-order valence-electron chi connectivity index (χ3n) is 5.32. The molecular weight excluding hydrogens is 244 g/mol. The fourth-order valence-corrected chi connectivity index (χ4v) is 3.86. The van der Waals surface area contributed by atoms with Crippen molar-refractivity contribution in [2.24, 2.45) is 5.41 Å². The van der Waals surface area contributed by atoms with Crippen molar-refractivity contribution in [1.29, 1.82) is 0 Å². The highest BCUT2D eigenvalue weighted by atomic mass is 15.2. The lowest BCUT2D eigenvalue weighted by molar-refractivity contribution is 0.165. The molecule has 0 spiro atoms. The standard InChI is InChI=1S/C18H28N2/c1-14-6-7-16(11-15(14)2)17-5-4-10-20(17)13-18(3)8-9-19-12-18/h6-7,11,17,19H,4-5,8-10,12-13H2,1-3H3. The molecule has 0 bridgehead atoms. The normalized spacial score (nSPS) is 31.1. The number of rotatable bonds is 3. The predicted octanol–water partition coefficient (Wildman–Crippen LogP) is 3.44. The van der Waals surface area contributed by atoms with Crippen LogP contribution in [0.3, 0.4) is 0 Å². The summed E-state index contributed by atoms with van der Waals surface area (Å²) in [5, 5.41) is 3.53. The van der Waals surface area contributed by atoms with Gasteiger partial charge in [0.2, 0.25) is 0 Å². The Bertz CT molecular complexity index is 474. The fourth-order valence-electron chi connectivity index (χ4n) is 3.86. The molecule has 2 heteroatoms. The Morgan fingerprint density at radius 2 is 2.15 bits per heavy atom. The molecule has 2 aliphatic rings. The lowest BCUT2D eigenvalue weighted by Gasteiger charge is -2.33. The molecule has 2 heterocycles. The molecule has 2 aliphatic heterocycles. The topological polar surface area (TPSA) is 15.3 Å². The van der Waals surface area contributed by atoms with Crippen LogP contribution in [0.15, 0.2) is 18.2 Å². The highest BCUT2D eigenvalue weighted by Gasteiger charge is 2.35. The van der Waals surface area contributed by atoms with Crippen LogP contribution >= 0.6 is 0 Å². The van der Waals surface area contributed by atoms with Crippen molar-refractivity contribution in [2.45, 2.75) is 46.1 Å². The molecule has 3 rings (SSSR count). The summed E-state index contributed by atoms with van der Waals surface area (Å²) in [4.78, 5) is 2.73. The van der Waals surface area contributed by atoms with Crippen molar-refractivity contribution in [3.8, 4) is 0 Å². The highest BCUT2D eigenvalue weighted by molar-refractivity contribution is 5.32. The zero-order valence-corrected chi connectivity index (χ0v) is 13.2. The van der Waals surface area contributed by atoms with Crippen LogP contribution in [-0.2, 0) is 0 Å². The molecule has 2 unspecified atom stereocenters. The molecule has 1 aromatic carbocycles. The number of nitrogens with zero attached hydrogens (tertiary/aromatic N) is 1. The van der Waals surface area contributed by atoms with Gasteiger partial charge in [-0.15, -0.1) is 0 Å². The Morgan fingerprint density at radius 3 is 2.85 bits per heavy atom. The van der Waals surface area contributed by atoms with Crippen molar-refractivity contribution >= 4 is 0 Å². The van der Waals surface area contributed by atoms with E-state index < -0.39 is 0 Å². The van der Waals surface area contributed by atoms with Gasteiger partial charge in [0.15, 0.2) is 0 Å². The molecule has 0 aromatic heterocycles. The van der Waals surface area contributed by atoms with Crippen LogP contribution in [0.4, 0.5) is 0 Å². The second kappa shape index (κ2) is 5.50. The minimum atomic E-state index is 0.475. The van der Waals surface area contributed by atoms with E-state index in [9.17, 15) is 0 Å². The number of hydrogen-bond donors (Lipinski definition) is 1. The minimum Gasteiger partial charge on any atom is -0.316 e. The van der Waals surface area contributed by atoms with E-state index in [1.165, 1.54) is 62.1 Å². The van der Waals surface area contributed by atoms with Crippen LogP contribution in [0, 0.1) is 19.3 Å². The van der Waals surface area contributed by atoms with Gasteiger partial charge in [-0.3, -0.25) is 4.90 Å². The average Bonchev–Trinajstić information content (AvgIpc) is 3.03. The largest absolute Gasteiger partial charge is 0.316 e. The van der Waals surface area contributed by atoms with E-state index in [1.54, 1.807) is 0 Å². The van der Waals surface area contributed by atoms with E-state index in [4.69, 9.17) is 0 Å². The van der Waals surface area contributed by atoms with Crippen LogP contribution in [0.25, 0.3) is 0 Å². The first kappa shape index (κ1) is 14.1. The van der Waals surface area contributed by atoms with Gasteiger partial charge in [-0.05, 0) is 68.3 Å². The molecule has 2 saturated heterocycles. The van der Waals surface area contributed by atoms with Crippen LogP contribution in [0.1, 0.15) is 48.9 Å². The number of likely N-dealkylation sites (tertiary alicyclic amines) is 1. The number of aryl methyl sites for hydroxylation is 2. The summed E-state index contributed by atoms with van der Waals surface area (Å²) in [5.41, 5.74) is 4.84. The van der Waals surface area contributed by atoms with Gasteiger partial charge < -0.3 is 5.32 Å². The summed E-state index contributed by atoms with van der Waals surface area (Å²) in [6.07, 6.45) is 4.00. The molecule has 0 saturated carbocycles. The summed E-state index contributed by atoms with van der Waals surface area (Å²) >= 11 is 0. The summed E-state index contributed by atoms with van der Waals surface area (Å²) in [5.74, 6) is 0. The van der Waals surface area contributed by atoms with Crippen LogP contribution < -0.4 is 5.32 Å². The lowest BCUT2D eigenvalue weighted by atomic mass is 9.88. The Morgan fingerprint density at radius 1 is 1.30 bits per heavy atom. The molecule has 1 N–H and O–H groups in total. The first-order valence-corrected chi connectivity index (χ1v) is 8.09. The summed E-state index contributed by atoms with van der Waals surface area (Å²) in [6, 6.07) is 7.69. The molecule has 0 radical (unpaired) electrons. The molecular formula is C18H28N2. The molecule has 110 valence electrons. The number of nitrogens with one attached hydrogen (secondary N) is 1. The van der Waals surface area contributed by atoms with Crippen molar-refractivity contribution in [2.75, 3.05) is 26.2 Å². The smallest absolute Gasteiger partial charge is 0.0348 e. The molecule has 2 atom stereocenters. The predicted molar refractivity (Wildman–Crippen MR) is 85.1 cm³/mol. The quantitative estimate of drug-likeness (QED) is 0.907. The second-order valence-corrected chi connectivity index (χ2v) is 7.21. The number of benzene rings is 1. The van der Waals surface area contributed by atoms with E-state index >= 15 is 0 Å². The van der Waals surface area contributed by atoms with Gasteiger partial charge in [-0.25, -0.2) is 0 Å². The van der Waals surface area contributed by atoms with Gasteiger partial charge in [0, 0.05) is 19.1 Å². The maximum Gasteiger partial charge on any atom is 0.0348 e. The van der Waals surface area contributed by atoms with E-state index in [0.717, 1.165) is 0 Å². The fraction of sp³-hybridized carbons (Fsp3) is 0.667. The molecule has 20 heavy (non-hydrogen) atoms. The lowest BCUT2D eigenvalue weighted by Crippen LogP contribution is -2.37. The SMILES string of the molecule is Cc1ccc(C2CCCN2CC2(C)CCNC2)cc1C. The van der Waals surface area contributed by atoms with E-state index in [-0.39, 0.29) is 0 Å². The Balaban J connectivity index is 1.76. The van der Waals surface area contributed by atoms with Gasteiger partial charge in [-0.2, -0.15) is 0 Å². The summed E-state index contributed by atoms with van der Waals surface area (Å²) < 4.78 is 0. The Labute approximate surface area is 123 Å². The van der Waals surface area contributed by atoms with Crippen molar-refractivity contribution in [3.05, 3.63) is 34.9 Å². The maximum atomic E-state index is 3.53. The first-order valence-electron chi connectivity index (χ1n) is 8.09. The van der Waals surface area contributed by atoms with E-state index in [1.807, 2.05) is 0 Å².